The fourth-order valence-corrected chi connectivity index (χ4v) is 2.24. The van der Waals surface area contributed by atoms with Gasteiger partial charge in [0.2, 0.25) is 0 Å². The summed E-state index contributed by atoms with van der Waals surface area (Å²) in [6.07, 6.45) is 9.10. The first-order chi connectivity index (χ1) is 8.66. The SMILES string of the molecule is CC.CC1(C)CCC(OCc2cccnc2)CC1. The molecule has 1 aromatic rings. The number of ether oxygens (including phenoxy) is 1. The standard InChI is InChI=1S/C14H21NO.C2H6/c1-14(2)7-5-13(6-8-14)16-11-12-4-3-9-15-10-12;1-2/h3-4,9-10,13H,5-8,11H2,1-2H3;1-2H3. The smallest absolute Gasteiger partial charge is 0.0735 e. The zero-order valence-corrected chi connectivity index (χ0v) is 12.3. The molecule has 1 aromatic heterocycles. The first kappa shape index (κ1) is 15.2. The normalized spacial score (nSPS) is 18.9. The summed E-state index contributed by atoms with van der Waals surface area (Å²) in [7, 11) is 0. The van der Waals surface area contributed by atoms with Gasteiger partial charge >= 0.3 is 0 Å². The van der Waals surface area contributed by atoms with Crippen LogP contribution < -0.4 is 0 Å². The van der Waals surface area contributed by atoms with Crippen LogP contribution in [0.1, 0.15) is 58.9 Å². The molecule has 2 heteroatoms. The first-order valence-electron chi connectivity index (χ1n) is 7.16. The molecule has 0 amide bonds. The highest BCUT2D eigenvalue weighted by molar-refractivity contribution is 5.06. The third-order valence-corrected chi connectivity index (χ3v) is 3.49. The molecule has 0 radical (unpaired) electrons. The van der Waals surface area contributed by atoms with Gasteiger partial charge in [0.1, 0.15) is 0 Å². The lowest BCUT2D eigenvalue weighted by Crippen LogP contribution is -2.26. The highest BCUT2D eigenvalue weighted by Crippen LogP contribution is 2.36. The van der Waals surface area contributed by atoms with Crippen LogP contribution in [0, 0.1) is 5.41 Å². The van der Waals surface area contributed by atoms with E-state index in [2.05, 4.69) is 24.9 Å². The second kappa shape index (κ2) is 7.52. The lowest BCUT2D eigenvalue weighted by molar-refractivity contribution is -0.00568. The number of hydrogen-bond acceptors (Lipinski definition) is 2. The monoisotopic (exact) mass is 249 g/mol. The van der Waals surface area contributed by atoms with Gasteiger partial charge in [0.05, 0.1) is 12.7 Å². The molecule has 1 aliphatic carbocycles. The Bertz CT molecular complexity index is 311. The van der Waals surface area contributed by atoms with E-state index in [1.165, 1.54) is 31.2 Å². The third kappa shape index (κ3) is 5.18. The van der Waals surface area contributed by atoms with Crippen LogP contribution in [0.4, 0.5) is 0 Å². The number of hydrogen-bond donors (Lipinski definition) is 0. The molecule has 102 valence electrons. The lowest BCUT2D eigenvalue weighted by Gasteiger charge is -2.34. The number of pyridine rings is 1. The van der Waals surface area contributed by atoms with Gasteiger partial charge < -0.3 is 4.74 Å². The maximum absolute atomic E-state index is 5.92. The van der Waals surface area contributed by atoms with E-state index in [-0.39, 0.29) is 0 Å². The summed E-state index contributed by atoms with van der Waals surface area (Å²) >= 11 is 0. The van der Waals surface area contributed by atoms with Gasteiger partial charge in [-0.15, -0.1) is 0 Å². The Labute approximate surface area is 112 Å². The molecule has 0 aliphatic heterocycles. The molecule has 0 atom stereocenters. The van der Waals surface area contributed by atoms with Crippen LogP contribution in [0.15, 0.2) is 24.5 Å². The largest absolute Gasteiger partial charge is 0.373 e. The van der Waals surface area contributed by atoms with Crippen molar-refractivity contribution in [2.45, 2.75) is 66.1 Å². The molecule has 0 N–H and O–H groups in total. The molecule has 18 heavy (non-hydrogen) atoms. The van der Waals surface area contributed by atoms with Crippen molar-refractivity contribution in [3.63, 3.8) is 0 Å². The van der Waals surface area contributed by atoms with Crippen molar-refractivity contribution in [2.24, 2.45) is 5.41 Å². The average molecular weight is 249 g/mol. The number of aromatic nitrogens is 1. The van der Waals surface area contributed by atoms with Crippen LogP contribution in [-0.2, 0) is 11.3 Å². The highest BCUT2D eigenvalue weighted by Gasteiger charge is 2.26. The van der Waals surface area contributed by atoms with E-state index in [1.807, 2.05) is 26.1 Å². The molecule has 1 aliphatic rings. The van der Waals surface area contributed by atoms with Crippen LogP contribution in [0.2, 0.25) is 0 Å². The van der Waals surface area contributed by atoms with E-state index in [0.717, 1.165) is 0 Å². The number of rotatable bonds is 3. The lowest BCUT2D eigenvalue weighted by atomic mass is 9.76. The Morgan fingerprint density at radius 2 is 1.94 bits per heavy atom. The fourth-order valence-electron chi connectivity index (χ4n) is 2.24. The van der Waals surface area contributed by atoms with Gasteiger partial charge in [0.15, 0.2) is 0 Å². The molecule has 0 bridgehead atoms. The van der Waals surface area contributed by atoms with Crippen molar-refractivity contribution >= 4 is 0 Å². The van der Waals surface area contributed by atoms with Crippen LogP contribution in [0.3, 0.4) is 0 Å². The Morgan fingerprint density at radius 1 is 1.28 bits per heavy atom. The van der Waals surface area contributed by atoms with Crippen LogP contribution >= 0.6 is 0 Å². The second-order valence-corrected chi connectivity index (χ2v) is 5.54. The molecule has 2 rings (SSSR count). The zero-order valence-electron chi connectivity index (χ0n) is 12.3. The fraction of sp³-hybridized carbons (Fsp3) is 0.688. The van der Waals surface area contributed by atoms with Crippen LogP contribution in [0.5, 0.6) is 0 Å². The molecule has 0 spiro atoms. The van der Waals surface area contributed by atoms with Crippen molar-refractivity contribution in [2.75, 3.05) is 0 Å². The number of nitrogens with zero attached hydrogens (tertiary/aromatic N) is 1. The van der Waals surface area contributed by atoms with Crippen molar-refractivity contribution in [1.82, 2.24) is 4.98 Å². The van der Waals surface area contributed by atoms with Gasteiger partial charge in [-0.1, -0.05) is 33.8 Å². The molecule has 0 aromatic carbocycles. The van der Waals surface area contributed by atoms with Crippen molar-refractivity contribution in [3.8, 4) is 0 Å². The summed E-state index contributed by atoms with van der Waals surface area (Å²) in [5.74, 6) is 0. The summed E-state index contributed by atoms with van der Waals surface area (Å²) < 4.78 is 5.92. The minimum atomic E-state index is 0.452. The molecule has 2 nitrogen and oxygen atoms in total. The van der Waals surface area contributed by atoms with Gasteiger partial charge in [0, 0.05) is 12.4 Å². The maximum Gasteiger partial charge on any atom is 0.0735 e. The molecular weight excluding hydrogens is 222 g/mol. The van der Waals surface area contributed by atoms with Crippen molar-refractivity contribution < 1.29 is 4.74 Å². The minimum absolute atomic E-state index is 0.452. The van der Waals surface area contributed by atoms with Gasteiger partial charge in [-0.05, 0) is 42.7 Å². The van der Waals surface area contributed by atoms with E-state index < -0.39 is 0 Å². The molecule has 0 unspecified atom stereocenters. The second-order valence-electron chi connectivity index (χ2n) is 5.54. The minimum Gasteiger partial charge on any atom is -0.373 e. The summed E-state index contributed by atoms with van der Waals surface area (Å²) in [6, 6.07) is 4.03. The van der Waals surface area contributed by atoms with Crippen LogP contribution in [0.25, 0.3) is 0 Å². The Kier molecular flexibility index (Phi) is 6.34. The summed E-state index contributed by atoms with van der Waals surface area (Å²) in [5.41, 5.74) is 1.70. The average Bonchev–Trinajstić information content (AvgIpc) is 2.41. The predicted octanol–water partition coefficient (Wildman–Crippen LogP) is 4.59. The van der Waals surface area contributed by atoms with E-state index >= 15 is 0 Å². The van der Waals surface area contributed by atoms with Gasteiger partial charge in [-0.25, -0.2) is 0 Å². The van der Waals surface area contributed by atoms with E-state index in [4.69, 9.17) is 4.74 Å². The highest BCUT2D eigenvalue weighted by atomic mass is 16.5. The summed E-state index contributed by atoms with van der Waals surface area (Å²) in [6.45, 7) is 9.41. The Morgan fingerprint density at radius 3 is 2.50 bits per heavy atom. The van der Waals surface area contributed by atoms with Crippen molar-refractivity contribution in [1.29, 1.82) is 0 Å². The van der Waals surface area contributed by atoms with Gasteiger partial charge in [0.25, 0.3) is 0 Å². The Balaban J connectivity index is 0.000000771. The third-order valence-electron chi connectivity index (χ3n) is 3.49. The van der Waals surface area contributed by atoms with Crippen molar-refractivity contribution in [3.05, 3.63) is 30.1 Å². The first-order valence-corrected chi connectivity index (χ1v) is 7.16. The van der Waals surface area contributed by atoms with Gasteiger partial charge in [-0.3, -0.25) is 4.98 Å². The Hall–Kier alpha value is -0.890. The molecule has 1 saturated carbocycles. The summed E-state index contributed by atoms with van der Waals surface area (Å²) in [4.78, 5) is 4.09. The molecule has 1 heterocycles. The maximum atomic E-state index is 5.92. The quantitative estimate of drug-likeness (QED) is 0.781. The van der Waals surface area contributed by atoms with E-state index in [0.29, 0.717) is 18.1 Å². The molecular formula is C16H27NO. The van der Waals surface area contributed by atoms with Crippen LogP contribution in [-0.4, -0.2) is 11.1 Å². The predicted molar refractivity (Wildman–Crippen MR) is 76.4 cm³/mol. The van der Waals surface area contributed by atoms with Gasteiger partial charge in [-0.2, -0.15) is 0 Å². The van der Waals surface area contributed by atoms with E-state index in [9.17, 15) is 0 Å². The summed E-state index contributed by atoms with van der Waals surface area (Å²) in [5, 5.41) is 0. The molecule has 0 saturated heterocycles. The molecule has 1 fully saturated rings. The van der Waals surface area contributed by atoms with E-state index in [1.54, 1.807) is 6.20 Å². The zero-order chi connectivity index (χ0) is 13.4. The topological polar surface area (TPSA) is 22.1 Å².